The molecule has 0 fully saturated rings. The number of hydrogen-bond donors (Lipinski definition) is 1. The lowest BCUT2D eigenvalue weighted by atomic mass is 9.89. The van der Waals surface area contributed by atoms with Crippen LogP contribution >= 0.6 is 11.3 Å². The molecule has 0 saturated heterocycles. The van der Waals surface area contributed by atoms with Gasteiger partial charge >= 0.3 is 0 Å². The van der Waals surface area contributed by atoms with Gasteiger partial charge in [-0.25, -0.2) is 4.98 Å². The molecule has 0 bridgehead atoms. The predicted molar refractivity (Wildman–Crippen MR) is 100 cm³/mol. The molecule has 0 aliphatic heterocycles. The summed E-state index contributed by atoms with van der Waals surface area (Å²) in [5.41, 5.74) is 1.75. The lowest BCUT2D eigenvalue weighted by Crippen LogP contribution is -2.28. The lowest BCUT2D eigenvalue weighted by molar-refractivity contribution is -0.116. The predicted octanol–water partition coefficient (Wildman–Crippen LogP) is 3.22. The minimum Gasteiger partial charge on any atom is -0.325 e. The van der Waals surface area contributed by atoms with E-state index in [1.807, 2.05) is 30.3 Å². The van der Waals surface area contributed by atoms with Crippen LogP contribution in [0, 0.1) is 5.92 Å². The number of nitrogens with zero attached hydrogens (tertiary/aromatic N) is 2. The first-order chi connectivity index (χ1) is 12.1. The van der Waals surface area contributed by atoms with Gasteiger partial charge < -0.3 is 5.32 Å². The summed E-state index contributed by atoms with van der Waals surface area (Å²) in [4.78, 5) is 31.6. The molecule has 1 aliphatic rings. The van der Waals surface area contributed by atoms with Crippen molar-refractivity contribution in [1.29, 1.82) is 0 Å². The van der Waals surface area contributed by atoms with Crippen LogP contribution in [0.5, 0.6) is 0 Å². The number of aryl methyl sites for hydroxylation is 1. The molecule has 1 atom stereocenters. The van der Waals surface area contributed by atoms with Gasteiger partial charge in [0.15, 0.2) is 0 Å². The Labute approximate surface area is 149 Å². The molecule has 0 unspecified atom stereocenters. The summed E-state index contributed by atoms with van der Waals surface area (Å²) in [6.07, 6.45) is 4.53. The van der Waals surface area contributed by atoms with E-state index in [1.54, 1.807) is 11.3 Å². The minimum atomic E-state index is -0.229. The fourth-order valence-corrected chi connectivity index (χ4v) is 4.70. The second-order valence-corrected chi connectivity index (χ2v) is 7.71. The maximum atomic E-state index is 12.9. The van der Waals surface area contributed by atoms with Gasteiger partial charge in [0.25, 0.3) is 5.56 Å². The van der Waals surface area contributed by atoms with Gasteiger partial charge in [0.05, 0.1) is 11.7 Å². The molecule has 2 aromatic heterocycles. The molecule has 1 aliphatic carbocycles. The summed E-state index contributed by atoms with van der Waals surface area (Å²) in [6, 6.07) is 9.23. The summed E-state index contributed by atoms with van der Waals surface area (Å²) in [6.45, 7) is 2.21. The number of amides is 1. The van der Waals surface area contributed by atoms with E-state index < -0.39 is 0 Å². The van der Waals surface area contributed by atoms with Crippen molar-refractivity contribution < 1.29 is 4.79 Å². The van der Waals surface area contributed by atoms with Crippen molar-refractivity contribution in [3.63, 3.8) is 0 Å². The van der Waals surface area contributed by atoms with Crippen molar-refractivity contribution in [2.24, 2.45) is 5.92 Å². The van der Waals surface area contributed by atoms with Gasteiger partial charge in [-0.3, -0.25) is 14.2 Å². The van der Waals surface area contributed by atoms with Crippen molar-refractivity contribution >= 4 is 33.1 Å². The Morgan fingerprint density at radius 3 is 2.96 bits per heavy atom. The van der Waals surface area contributed by atoms with Gasteiger partial charge in [0, 0.05) is 10.6 Å². The van der Waals surface area contributed by atoms with Crippen molar-refractivity contribution in [2.45, 2.75) is 32.7 Å². The van der Waals surface area contributed by atoms with E-state index >= 15 is 0 Å². The maximum absolute atomic E-state index is 12.9. The highest BCUT2D eigenvalue weighted by atomic mass is 32.1. The molecule has 0 radical (unpaired) electrons. The van der Waals surface area contributed by atoms with Crippen LogP contribution < -0.4 is 10.9 Å². The van der Waals surface area contributed by atoms with Crippen molar-refractivity contribution in [2.75, 3.05) is 5.32 Å². The number of carbonyl (C=O) groups excluding carboxylic acids is 1. The van der Waals surface area contributed by atoms with E-state index in [1.165, 1.54) is 15.8 Å². The van der Waals surface area contributed by atoms with Gasteiger partial charge in [0.1, 0.15) is 11.4 Å². The zero-order chi connectivity index (χ0) is 17.4. The van der Waals surface area contributed by atoms with Crippen LogP contribution in [-0.4, -0.2) is 15.5 Å². The fourth-order valence-electron chi connectivity index (χ4n) is 3.36. The van der Waals surface area contributed by atoms with Gasteiger partial charge in [-0.15, -0.1) is 11.3 Å². The molecule has 3 aromatic rings. The monoisotopic (exact) mass is 353 g/mol. The van der Waals surface area contributed by atoms with Crippen LogP contribution in [0.25, 0.3) is 10.2 Å². The third-order valence-electron chi connectivity index (χ3n) is 4.65. The van der Waals surface area contributed by atoms with E-state index in [2.05, 4.69) is 17.2 Å². The van der Waals surface area contributed by atoms with Crippen molar-refractivity contribution in [1.82, 2.24) is 9.55 Å². The highest BCUT2D eigenvalue weighted by Crippen LogP contribution is 2.35. The number of rotatable bonds is 3. The van der Waals surface area contributed by atoms with Crippen LogP contribution in [0.1, 0.15) is 23.8 Å². The normalized spacial score (nSPS) is 16.6. The Kier molecular flexibility index (Phi) is 4.13. The number of fused-ring (bicyclic) bond motifs is 3. The smallest absolute Gasteiger partial charge is 0.262 e. The molecule has 1 amide bonds. The van der Waals surface area contributed by atoms with Crippen molar-refractivity contribution in [3.05, 3.63) is 57.5 Å². The highest BCUT2D eigenvalue weighted by molar-refractivity contribution is 7.18. The third kappa shape index (κ3) is 3.09. The number of benzene rings is 1. The van der Waals surface area contributed by atoms with Crippen LogP contribution in [0.15, 0.2) is 41.5 Å². The molecule has 6 heteroatoms. The van der Waals surface area contributed by atoms with E-state index in [-0.39, 0.29) is 18.0 Å². The molecule has 0 spiro atoms. The number of nitrogens with one attached hydrogen (secondary N) is 1. The highest BCUT2D eigenvalue weighted by Gasteiger charge is 2.23. The van der Waals surface area contributed by atoms with Crippen LogP contribution in [0.2, 0.25) is 0 Å². The largest absolute Gasteiger partial charge is 0.325 e. The topological polar surface area (TPSA) is 64.0 Å². The van der Waals surface area contributed by atoms with Gasteiger partial charge in [-0.1, -0.05) is 25.1 Å². The molecular formula is C19H19N3O2S. The standard InChI is InChI=1S/C19H19N3O2S/c1-12-7-8-14-15(9-12)25-18-17(14)19(24)22(11-20-18)10-16(23)21-13-5-3-2-4-6-13/h2-6,11-12H,7-10H2,1H3,(H,21,23)/t12-/m0/s1. The number of anilines is 1. The maximum Gasteiger partial charge on any atom is 0.262 e. The fraction of sp³-hybridized carbons (Fsp3) is 0.316. The first-order valence-electron chi connectivity index (χ1n) is 8.46. The molecule has 128 valence electrons. The van der Waals surface area contributed by atoms with E-state index in [0.717, 1.165) is 35.3 Å². The van der Waals surface area contributed by atoms with Gasteiger partial charge in [-0.05, 0) is 42.9 Å². The zero-order valence-electron chi connectivity index (χ0n) is 14.0. The van der Waals surface area contributed by atoms with E-state index in [0.29, 0.717) is 11.3 Å². The van der Waals surface area contributed by atoms with Crippen LogP contribution in [0.4, 0.5) is 5.69 Å². The Morgan fingerprint density at radius 1 is 1.36 bits per heavy atom. The Balaban J connectivity index is 1.63. The molecule has 25 heavy (non-hydrogen) atoms. The summed E-state index contributed by atoms with van der Waals surface area (Å²) >= 11 is 1.62. The second kappa shape index (κ2) is 6.44. The Morgan fingerprint density at radius 2 is 2.16 bits per heavy atom. The summed E-state index contributed by atoms with van der Waals surface area (Å²) in [5.74, 6) is 0.423. The number of hydrogen-bond acceptors (Lipinski definition) is 4. The van der Waals surface area contributed by atoms with E-state index in [9.17, 15) is 9.59 Å². The van der Waals surface area contributed by atoms with E-state index in [4.69, 9.17) is 0 Å². The quantitative estimate of drug-likeness (QED) is 0.786. The molecule has 5 nitrogen and oxygen atoms in total. The zero-order valence-corrected chi connectivity index (χ0v) is 14.8. The molecule has 1 N–H and O–H groups in total. The molecule has 2 heterocycles. The molecule has 4 rings (SSSR count). The van der Waals surface area contributed by atoms with Crippen molar-refractivity contribution in [3.8, 4) is 0 Å². The Hall–Kier alpha value is -2.47. The summed E-state index contributed by atoms with van der Waals surface area (Å²) < 4.78 is 1.41. The van der Waals surface area contributed by atoms with Gasteiger partial charge in [0.2, 0.25) is 5.91 Å². The summed E-state index contributed by atoms with van der Waals surface area (Å²) in [7, 11) is 0. The lowest BCUT2D eigenvalue weighted by Gasteiger charge is -2.17. The second-order valence-electron chi connectivity index (χ2n) is 6.62. The third-order valence-corrected chi connectivity index (χ3v) is 5.82. The number of para-hydroxylation sites is 1. The average molecular weight is 353 g/mol. The van der Waals surface area contributed by atoms with Crippen LogP contribution in [0.3, 0.4) is 0 Å². The van der Waals surface area contributed by atoms with Crippen LogP contribution in [-0.2, 0) is 24.2 Å². The molecule has 1 aromatic carbocycles. The summed E-state index contributed by atoms with van der Waals surface area (Å²) in [5, 5.41) is 3.51. The molecular weight excluding hydrogens is 334 g/mol. The SMILES string of the molecule is C[C@H]1CCc2c(sc3ncn(CC(=O)Nc4ccccc4)c(=O)c23)C1. The number of aromatic nitrogens is 2. The first kappa shape index (κ1) is 16.0. The van der Waals surface area contributed by atoms with Gasteiger partial charge in [-0.2, -0.15) is 0 Å². The Bertz CT molecular complexity index is 991. The minimum absolute atomic E-state index is 0.0301. The first-order valence-corrected chi connectivity index (χ1v) is 9.28. The molecule has 0 saturated carbocycles. The average Bonchev–Trinajstić information content (AvgIpc) is 2.96. The number of carbonyl (C=O) groups is 1. The number of thiophene rings is 1.